The smallest absolute Gasteiger partial charge is 0.159 e. The Morgan fingerprint density at radius 1 is 1.35 bits per heavy atom. The molecule has 3 rings (SSSR count). The molecule has 5 heteroatoms. The lowest BCUT2D eigenvalue weighted by Gasteiger charge is -2.30. The number of hydrogen-bond acceptors (Lipinski definition) is 5. The summed E-state index contributed by atoms with van der Waals surface area (Å²) in [5.41, 5.74) is 1.22. The molecule has 1 aromatic rings. The van der Waals surface area contributed by atoms with Crippen LogP contribution in [-0.2, 0) is 11.3 Å². The van der Waals surface area contributed by atoms with Crippen molar-refractivity contribution >= 4 is 16.9 Å². The zero-order valence-corrected chi connectivity index (χ0v) is 14.7. The monoisotopic (exact) mass is 334 g/mol. The molecule has 0 aromatic heterocycles. The van der Waals surface area contributed by atoms with Crippen LogP contribution in [0, 0.1) is 0 Å². The Labute approximate surface area is 143 Å². The first-order chi connectivity index (χ1) is 11.4. The maximum Gasteiger partial charge on any atom is 0.159 e. The van der Waals surface area contributed by atoms with Gasteiger partial charge in [0.05, 0.1) is 12.7 Å². The lowest BCUT2D eigenvalue weighted by molar-refractivity contribution is 0.0904. The van der Waals surface area contributed by atoms with E-state index < -0.39 is 0 Å². The van der Waals surface area contributed by atoms with Crippen molar-refractivity contribution in [3.05, 3.63) is 29.8 Å². The quantitative estimate of drug-likeness (QED) is 0.796. The molecule has 2 aliphatic heterocycles. The van der Waals surface area contributed by atoms with E-state index in [-0.39, 0.29) is 0 Å². The second-order valence-corrected chi connectivity index (χ2v) is 6.98. The second kappa shape index (κ2) is 8.60. The van der Waals surface area contributed by atoms with Crippen molar-refractivity contribution in [3.8, 4) is 5.75 Å². The summed E-state index contributed by atoms with van der Waals surface area (Å²) >= 11 is 1.87. The number of hydrogen-bond donors (Lipinski definition) is 0. The molecule has 1 aromatic carbocycles. The Bertz CT molecular complexity index is 530. The van der Waals surface area contributed by atoms with Gasteiger partial charge >= 0.3 is 0 Å². The molecular formula is C18H26N2O2S. The van der Waals surface area contributed by atoms with Gasteiger partial charge in [0, 0.05) is 37.6 Å². The van der Waals surface area contributed by atoms with Crippen molar-refractivity contribution in [3.63, 3.8) is 0 Å². The first kappa shape index (κ1) is 16.7. The van der Waals surface area contributed by atoms with Crippen LogP contribution in [0.2, 0.25) is 0 Å². The van der Waals surface area contributed by atoms with Gasteiger partial charge in [-0.3, -0.25) is 4.99 Å². The predicted octanol–water partition coefficient (Wildman–Crippen LogP) is 3.56. The van der Waals surface area contributed by atoms with E-state index in [9.17, 15) is 0 Å². The minimum absolute atomic E-state index is 0.333. The van der Waals surface area contributed by atoms with Crippen LogP contribution in [0.3, 0.4) is 0 Å². The van der Waals surface area contributed by atoms with Crippen LogP contribution >= 0.6 is 11.8 Å². The first-order valence-electron chi connectivity index (χ1n) is 8.61. The average molecular weight is 334 g/mol. The van der Waals surface area contributed by atoms with Crippen molar-refractivity contribution in [1.29, 1.82) is 0 Å². The molecule has 1 unspecified atom stereocenters. The summed E-state index contributed by atoms with van der Waals surface area (Å²) in [4.78, 5) is 7.14. The molecule has 126 valence electrons. The second-order valence-electron chi connectivity index (χ2n) is 5.92. The van der Waals surface area contributed by atoms with Gasteiger partial charge in [-0.15, -0.1) is 0 Å². The lowest BCUT2D eigenvalue weighted by Crippen LogP contribution is -2.36. The lowest BCUT2D eigenvalue weighted by atomic mass is 10.1. The minimum Gasteiger partial charge on any atom is -0.494 e. The van der Waals surface area contributed by atoms with Gasteiger partial charge < -0.3 is 14.4 Å². The maximum absolute atomic E-state index is 5.85. The molecule has 2 heterocycles. The predicted molar refractivity (Wildman–Crippen MR) is 96.4 cm³/mol. The number of benzene rings is 1. The summed E-state index contributed by atoms with van der Waals surface area (Å²) < 4.78 is 11.6. The summed E-state index contributed by atoms with van der Waals surface area (Å²) in [5.74, 6) is 2.14. The van der Waals surface area contributed by atoms with Gasteiger partial charge in [-0.1, -0.05) is 30.0 Å². The molecular weight excluding hydrogens is 308 g/mol. The molecule has 2 aliphatic rings. The normalized spacial score (nSPS) is 21.1. The molecule has 0 spiro atoms. The molecule has 0 amide bonds. The van der Waals surface area contributed by atoms with E-state index in [1.807, 2.05) is 24.8 Å². The summed E-state index contributed by atoms with van der Waals surface area (Å²) in [6, 6.07) is 8.32. The number of nitrogens with zero attached hydrogens (tertiary/aromatic N) is 2. The van der Waals surface area contributed by atoms with Crippen molar-refractivity contribution in [2.45, 2.75) is 38.8 Å². The van der Waals surface area contributed by atoms with Crippen molar-refractivity contribution < 1.29 is 9.47 Å². The van der Waals surface area contributed by atoms with E-state index >= 15 is 0 Å². The van der Waals surface area contributed by atoms with E-state index in [4.69, 9.17) is 14.5 Å². The molecule has 23 heavy (non-hydrogen) atoms. The van der Waals surface area contributed by atoms with Crippen LogP contribution in [0.25, 0.3) is 0 Å². The van der Waals surface area contributed by atoms with Crippen LogP contribution < -0.4 is 4.74 Å². The van der Waals surface area contributed by atoms with Gasteiger partial charge in [-0.25, -0.2) is 0 Å². The molecule has 0 bridgehead atoms. The minimum atomic E-state index is 0.333. The standard InChI is InChI=1S/C18H26N2O2S/c1-2-21-17-9-4-3-7-15(17)13-20(14-16-8-5-11-22-16)18-19-10-6-12-23-18/h3-4,7,9,16H,2,5-6,8,10-14H2,1H3. The van der Waals surface area contributed by atoms with Crippen molar-refractivity contribution in [2.24, 2.45) is 4.99 Å². The Morgan fingerprint density at radius 2 is 2.26 bits per heavy atom. The summed E-state index contributed by atoms with van der Waals surface area (Å²) in [6.07, 6.45) is 3.84. The molecule has 1 saturated heterocycles. The highest BCUT2D eigenvalue weighted by molar-refractivity contribution is 8.13. The van der Waals surface area contributed by atoms with Gasteiger partial charge in [0.1, 0.15) is 5.75 Å². The van der Waals surface area contributed by atoms with Crippen LogP contribution in [-0.4, -0.2) is 48.2 Å². The highest BCUT2D eigenvalue weighted by atomic mass is 32.2. The zero-order valence-electron chi connectivity index (χ0n) is 13.9. The topological polar surface area (TPSA) is 34.1 Å². The van der Waals surface area contributed by atoms with Gasteiger partial charge in [0.25, 0.3) is 0 Å². The van der Waals surface area contributed by atoms with Gasteiger partial charge in [-0.05, 0) is 32.3 Å². The van der Waals surface area contributed by atoms with Crippen LogP contribution in [0.5, 0.6) is 5.75 Å². The molecule has 0 saturated carbocycles. The highest BCUT2D eigenvalue weighted by Crippen LogP contribution is 2.25. The third kappa shape index (κ3) is 4.64. The Kier molecular flexibility index (Phi) is 6.22. The molecule has 0 N–H and O–H groups in total. The molecule has 4 nitrogen and oxygen atoms in total. The Balaban J connectivity index is 1.75. The van der Waals surface area contributed by atoms with E-state index in [1.165, 1.54) is 18.4 Å². The van der Waals surface area contributed by atoms with Crippen LogP contribution in [0.4, 0.5) is 0 Å². The SMILES string of the molecule is CCOc1ccccc1CN(CC1CCCO1)C1=NCCCS1. The fraction of sp³-hybridized carbons (Fsp3) is 0.611. The molecule has 0 aliphatic carbocycles. The fourth-order valence-electron chi connectivity index (χ4n) is 3.02. The van der Waals surface area contributed by atoms with Crippen molar-refractivity contribution in [1.82, 2.24) is 4.90 Å². The summed E-state index contributed by atoms with van der Waals surface area (Å²) in [5, 5.41) is 1.16. The summed E-state index contributed by atoms with van der Waals surface area (Å²) in [6.45, 7) is 6.32. The fourth-order valence-corrected chi connectivity index (χ4v) is 3.98. The van der Waals surface area contributed by atoms with E-state index in [1.54, 1.807) is 0 Å². The third-order valence-corrected chi connectivity index (χ3v) is 5.27. The zero-order chi connectivity index (χ0) is 15.9. The Hall–Kier alpha value is -1.20. The van der Waals surface area contributed by atoms with E-state index in [0.29, 0.717) is 12.7 Å². The maximum atomic E-state index is 5.85. The molecule has 1 atom stereocenters. The van der Waals surface area contributed by atoms with E-state index in [2.05, 4.69) is 23.1 Å². The largest absolute Gasteiger partial charge is 0.494 e. The number of para-hydroxylation sites is 1. The number of aliphatic imine (C=N–C) groups is 1. The number of thioether (sulfide) groups is 1. The summed E-state index contributed by atoms with van der Waals surface area (Å²) in [7, 11) is 0. The van der Waals surface area contributed by atoms with Crippen LogP contribution in [0.15, 0.2) is 29.3 Å². The van der Waals surface area contributed by atoms with Gasteiger partial charge in [0.15, 0.2) is 5.17 Å². The highest BCUT2D eigenvalue weighted by Gasteiger charge is 2.23. The molecule has 1 fully saturated rings. The van der Waals surface area contributed by atoms with Gasteiger partial charge in [0.2, 0.25) is 0 Å². The number of ether oxygens (including phenoxy) is 2. The number of amidine groups is 1. The van der Waals surface area contributed by atoms with Crippen LogP contribution in [0.1, 0.15) is 31.7 Å². The number of rotatable bonds is 6. The average Bonchev–Trinajstić information content (AvgIpc) is 3.10. The van der Waals surface area contributed by atoms with Crippen molar-refractivity contribution in [2.75, 3.05) is 32.1 Å². The molecule has 0 radical (unpaired) electrons. The first-order valence-corrected chi connectivity index (χ1v) is 9.60. The van der Waals surface area contributed by atoms with E-state index in [0.717, 1.165) is 49.3 Å². The van der Waals surface area contributed by atoms with Gasteiger partial charge in [-0.2, -0.15) is 0 Å². The third-order valence-electron chi connectivity index (χ3n) is 4.13. The Morgan fingerprint density at radius 3 is 3.00 bits per heavy atom.